The minimum atomic E-state index is -3.72. The first kappa shape index (κ1) is 15.2. The molecule has 0 amide bonds. The Kier molecular flexibility index (Phi) is 4.74. The first-order chi connectivity index (χ1) is 9.96. The molecular weight excluding hydrogens is 300 g/mol. The van der Waals surface area contributed by atoms with Gasteiger partial charge in [-0.15, -0.1) is 0 Å². The minimum Gasteiger partial charge on any atom is -0.492 e. The predicted molar refractivity (Wildman–Crippen MR) is 75.7 cm³/mol. The SMILES string of the molecule is O=S(=O)(CCOc1ccc(F)cc1)Nc1ccccc1F. The molecule has 0 aliphatic heterocycles. The highest BCUT2D eigenvalue weighted by atomic mass is 32.2. The van der Waals surface area contributed by atoms with E-state index in [1.54, 1.807) is 0 Å². The van der Waals surface area contributed by atoms with E-state index < -0.39 is 21.7 Å². The van der Waals surface area contributed by atoms with Crippen LogP contribution >= 0.6 is 0 Å². The van der Waals surface area contributed by atoms with Crippen molar-refractivity contribution in [1.82, 2.24) is 0 Å². The zero-order valence-corrected chi connectivity index (χ0v) is 11.7. The number of anilines is 1. The number of sulfonamides is 1. The number of halogens is 2. The van der Waals surface area contributed by atoms with Gasteiger partial charge in [-0.3, -0.25) is 4.72 Å². The lowest BCUT2D eigenvalue weighted by Gasteiger charge is -2.10. The molecule has 0 atom stereocenters. The molecule has 0 heterocycles. The largest absolute Gasteiger partial charge is 0.492 e. The van der Waals surface area contributed by atoms with E-state index in [1.807, 2.05) is 0 Å². The van der Waals surface area contributed by atoms with Crippen LogP contribution in [0, 0.1) is 11.6 Å². The van der Waals surface area contributed by atoms with Gasteiger partial charge in [0.15, 0.2) is 0 Å². The summed E-state index contributed by atoms with van der Waals surface area (Å²) in [6, 6.07) is 10.7. The lowest BCUT2D eigenvalue weighted by Crippen LogP contribution is -2.21. The highest BCUT2D eigenvalue weighted by molar-refractivity contribution is 7.92. The fraction of sp³-hybridized carbons (Fsp3) is 0.143. The summed E-state index contributed by atoms with van der Waals surface area (Å²) in [5.41, 5.74) is -0.112. The number of hydrogen-bond donors (Lipinski definition) is 1. The Bertz CT molecular complexity index is 702. The van der Waals surface area contributed by atoms with E-state index in [4.69, 9.17) is 4.74 Å². The van der Waals surface area contributed by atoms with Crippen molar-refractivity contribution < 1.29 is 21.9 Å². The summed E-state index contributed by atoms with van der Waals surface area (Å²) < 4.78 is 56.9. The molecule has 4 nitrogen and oxygen atoms in total. The van der Waals surface area contributed by atoms with Crippen molar-refractivity contribution in [2.24, 2.45) is 0 Å². The first-order valence-electron chi connectivity index (χ1n) is 6.10. The zero-order valence-electron chi connectivity index (χ0n) is 10.9. The maximum Gasteiger partial charge on any atom is 0.236 e. The monoisotopic (exact) mass is 313 g/mol. The van der Waals surface area contributed by atoms with E-state index in [0.717, 1.165) is 6.07 Å². The van der Waals surface area contributed by atoms with Gasteiger partial charge in [0, 0.05) is 0 Å². The maximum atomic E-state index is 13.4. The third-order valence-corrected chi connectivity index (χ3v) is 3.81. The number of nitrogens with one attached hydrogen (secondary N) is 1. The molecule has 0 fully saturated rings. The second kappa shape index (κ2) is 6.53. The molecular formula is C14H13F2NO3S. The molecule has 0 aliphatic carbocycles. The quantitative estimate of drug-likeness (QED) is 0.892. The van der Waals surface area contributed by atoms with Crippen molar-refractivity contribution in [3.05, 3.63) is 60.2 Å². The van der Waals surface area contributed by atoms with Crippen LogP contribution in [0.5, 0.6) is 5.75 Å². The number of benzene rings is 2. The summed E-state index contributed by atoms with van der Waals surface area (Å²) in [7, 11) is -3.72. The molecule has 0 aliphatic rings. The Labute approximate surface area is 121 Å². The minimum absolute atomic E-state index is 0.112. The smallest absolute Gasteiger partial charge is 0.236 e. The molecule has 2 rings (SSSR count). The molecule has 0 saturated heterocycles. The lowest BCUT2D eigenvalue weighted by molar-refractivity contribution is 0.340. The zero-order chi connectivity index (χ0) is 15.3. The number of hydrogen-bond acceptors (Lipinski definition) is 3. The summed E-state index contributed by atoms with van der Waals surface area (Å²) in [4.78, 5) is 0. The van der Waals surface area contributed by atoms with E-state index in [0.29, 0.717) is 5.75 Å². The van der Waals surface area contributed by atoms with Gasteiger partial charge in [-0.25, -0.2) is 17.2 Å². The molecule has 112 valence electrons. The van der Waals surface area contributed by atoms with Gasteiger partial charge in [-0.2, -0.15) is 0 Å². The fourth-order valence-electron chi connectivity index (χ4n) is 1.56. The summed E-state index contributed by atoms with van der Waals surface area (Å²) in [6.07, 6.45) is 0. The summed E-state index contributed by atoms with van der Waals surface area (Å²) in [6.45, 7) is -0.130. The summed E-state index contributed by atoms with van der Waals surface area (Å²) >= 11 is 0. The number of rotatable bonds is 6. The highest BCUT2D eigenvalue weighted by Gasteiger charge is 2.13. The van der Waals surface area contributed by atoms with Crippen LogP contribution in [0.25, 0.3) is 0 Å². The summed E-state index contributed by atoms with van der Waals surface area (Å²) in [5, 5.41) is 0. The van der Waals surface area contributed by atoms with Crippen molar-refractivity contribution in [1.29, 1.82) is 0 Å². The van der Waals surface area contributed by atoms with E-state index in [2.05, 4.69) is 4.72 Å². The second-order valence-electron chi connectivity index (χ2n) is 4.20. The van der Waals surface area contributed by atoms with Crippen molar-refractivity contribution in [3.63, 3.8) is 0 Å². The molecule has 2 aromatic rings. The first-order valence-corrected chi connectivity index (χ1v) is 7.75. The Morgan fingerprint density at radius 1 is 1.00 bits per heavy atom. The fourth-order valence-corrected chi connectivity index (χ4v) is 2.47. The molecule has 2 aromatic carbocycles. The van der Waals surface area contributed by atoms with Gasteiger partial charge in [-0.05, 0) is 36.4 Å². The van der Waals surface area contributed by atoms with Gasteiger partial charge >= 0.3 is 0 Å². The van der Waals surface area contributed by atoms with Gasteiger partial charge in [0.2, 0.25) is 10.0 Å². The maximum absolute atomic E-state index is 13.4. The van der Waals surface area contributed by atoms with Gasteiger partial charge in [0.1, 0.15) is 29.7 Å². The molecule has 0 unspecified atom stereocenters. The molecule has 21 heavy (non-hydrogen) atoms. The topological polar surface area (TPSA) is 55.4 Å². The van der Waals surface area contributed by atoms with Crippen molar-refractivity contribution >= 4 is 15.7 Å². The normalized spacial score (nSPS) is 11.1. The van der Waals surface area contributed by atoms with Crippen molar-refractivity contribution in [2.75, 3.05) is 17.1 Å². The highest BCUT2D eigenvalue weighted by Crippen LogP contribution is 2.15. The van der Waals surface area contributed by atoms with Crippen LogP contribution in [0.2, 0.25) is 0 Å². The predicted octanol–water partition coefficient (Wildman–Crippen LogP) is 2.79. The standard InChI is InChI=1S/C14H13F2NO3S/c15-11-5-7-12(8-6-11)20-9-10-21(18,19)17-14-4-2-1-3-13(14)16/h1-8,17H,9-10H2. The van der Waals surface area contributed by atoms with Crippen molar-refractivity contribution in [2.45, 2.75) is 0 Å². The summed E-state index contributed by atoms with van der Waals surface area (Å²) in [5.74, 6) is -1.05. The molecule has 0 aromatic heterocycles. The second-order valence-corrected chi connectivity index (χ2v) is 6.05. The van der Waals surface area contributed by atoms with Crippen LogP contribution in [-0.4, -0.2) is 20.8 Å². The number of para-hydroxylation sites is 1. The Hall–Kier alpha value is -2.15. The van der Waals surface area contributed by atoms with E-state index in [-0.39, 0.29) is 18.0 Å². The van der Waals surface area contributed by atoms with Crippen LogP contribution in [0.4, 0.5) is 14.5 Å². The molecule has 0 spiro atoms. The third kappa shape index (κ3) is 4.71. The van der Waals surface area contributed by atoms with Crippen LogP contribution in [0.15, 0.2) is 48.5 Å². The van der Waals surface area contributed by atoms with Crippen LogP contribution in [-0.2, 0) is 10.0 Å². The molecule has 0 radical (unpaired) electrons. The third-order valence-electron chi connectivity index (χ3n) is 2.57. The van der Waals surface area contributed by atoms with Crippen LogP contribution < -0.4 is 9.46 Å². The van der Waals surface area contributed by atoms with Gasteiger partial charge in [0.05, 0.1) is 5.69 Å². The lowest BCUT2D eigenvalue weighted by atomic mass is 10.3. The Morgan fingerprint density at radius 2 is 1.67 bits per heavy atom. The van der Waals surface area contributed by atoms with Crippen molar-refractivity contribution in [3.8, 4) is 5.75 Å². The van der Waals surface area contributed by atoms with Gasteiger partial charge in [-0.1, -0.05) is 12.1 Å². The van der Waals surface area contributed by atoms with Gasteiger partial charge in [0.25, 0.3) is 0 Å². The Morgan fingerprint density at radius 3 is 2.33 bits per heavy atom. The van der Waals surface area contributed by atoms with Crippen LogP contribution in [0.3, 0.4) is 0 Å². The molecule has 7 heteroatoms. The number of ether oxygens (including phenoxy) is 1. The van der Waals surface area contributed by atoms with Crippen LogP contribution in [0.1, 0.15) is 0 Å². The molecule has 0 saturated carbocycles. The van der Waals surface area contributed by atoms with E-state index in [1.165, 1.54) is 42.5 Å². The van der Waals surface area contributed by atoms with E-state index >= 15 is 0 Å². The average Bonchev–Trinajstić information content (AvgIpc) is 2.43. The molecule has 1 N–H and O–H groups in total. The van der Waals surface area contributed by atoms with Gasteiger partial charge < -0.3 is 4.74 Å². The molecule has 0 bridgehead atoms. The Balaban J connectivity index is 1.90. The van der Waals surface area contributed by atoms with E-state index in [9.17, 15) is 17.2 Å². The average molecular weight is 313 g/mol.